The first-order valence-corrected chi connectivity index (χ1v) is 10.7. The van der Waals surface area contributed by atoms with Crippen molar-refractivity contribution in [1.82, 2.24) is 0 Å². The molecule has 1 aliphatic heterocycles. The van der Waals surface area contributed by atoms with Gasteiger partial charge in [0.25, 0.3) is 5.91 Å². The van der Waals surface area contributed by atoms with Gasteiger partial charge in [-0.3, -0.25) is 9.59 Å². The van der Waals surface area contributed by atoms with Crippen molar-refractivity contribution in [3.8, 4) is 11.1 Å². The molecule has 3 aromatic carbocycles. The van der Waals surface area contributed by atoms with Crippen LogP contribution in [0.4, 0.5) is 5.69 Å². The molecule has 0 unspecified atom stereocenters. The number of nitrogens with zero attached hydrogens (tertiary/aromatic N) is 1. The van der Waals surface area contributed by atoms with Crippen molar-refractivity contribution in [1.29, 1.82) is 0 Å². The van der Waals surface area contributed by atoms with Crippen LogP contribution >= 0.6 is 0 Å². The van der Waals surface area contributed by atoms with Crippen molar-refractivity contribution in [2.75, 3.05) is 11.4 Å². The molecule has 31 heavy (non-hydrogen) atoms. The maximum atomic E-state index is 13.2. The predicted molar refractivity (Wildman–Crippen MR) is 123 cm³/mol. The van der Waals surface area contributed by atoms with E-state index in [-0.39, 0.29) is 12.2 Å². The largest absolute Gasteiger partial charge is 0.375 e. The van der Waals surface area contributed by atoms with Gasteiger partial charge in [-0.15, -0.1) is 0 Å². The van der Waals surface area contributed by atoms with Crippen LogP contribution in [0.5, 0.6) is 0 Å². The number of fused-ring (bicyclic) bond motifs is 1. The number of anilines is 1. The van der Waals surface area contributed by atoms with E-state index in [0.717, 1.165) is 17.5 Å². The van der Waals surface area contributed by atoms with E-state index in [1.165, 1.54) is 0 Å². The lowest BCUT2D eigenvalue weighted by atomic mass is 9.88. The summed E-state index contributed by atoms with van der Waals surface area (Å²) in [6.07, 6.45) is 0.552. The van der Waals surface area contributed by atoms with Gasteiger partial charge in [0.1, 0.15) is 0 Å². The number of Topliss-reactive ketones (excluding diaryl/α,β-unsaturated/α-hetero) is 1. The molecule has 1 amide bonds. The number of hydrogen-bond acceptors (Lipinski definition) is 3. The molecule has 0 saturated carbocycles. The normalized spacial score (nSPS) is 17.8. The lowest BCUT2D eigenvalue weighted by Crippen LogP contribution is -2.42. The number of rotatable bonds is 7. The molecule has 0 spiro atoms. The summed E-state index contributed by atoms with van der Waals surface area (Å²) in [6, 6.07) is 24.5. The first-order chi connectivity index (χ1) is 14.9. The number of benzene rings is 3. The molecule has 4 rings (SSSR count). The molecular weight excluding hydrogens is 386 g/mol. The van der Waals surface area contributed by atoms with Crippen LogP contribution in [0.3, 0.4) is 0 Å². The van der Waals surface area contributed by atoms with Crippen LogP contribution in [0.25, 0.3) is 11.1 Å². The average molecular weight is 414 g/mol. The summed E-state index contributed by atoms with van der Waals surface area (Å²) in [5.74, 6) is -0.238. The van der Waals surface area contributed by atoms with E-state index in [0.29, 0.717) is 29.3 Å². The lowest BCUT2D eigenvalue weighted by Gasteiger charge is -2.23. The summed E-state index contributed by atoms with van der Waals surface area (Å²) in [4.78, 5) is 27.9. The lowest BCUT2D eigenvalue weighted by molar-refractivity contribution is -0.135. The second-order valence-electron chi connectivity index (χ2n) is 8.56. The number of aliphatic hydroxyl groups is 1. The molecule has 1 heterocycles. The maximum Gasteiger partial charge on any atom is 0.264 e. The van der Waals surface area contributed by atoms with E-state index in [1.807, 2.05) is 54.6 Å². The number of amides is 1. The Kier molecular flexibility index (Phi) is 5.75. The zero-order chi connectivity index (χ0) is 22.0. The van der Waals surface area contributed by atoms with Crippen molar-refractivity contribution in [2.24, 2.45) is 5.92 Å². The highest BCUT2D eigenvalue weighted by atomic mass is 16.3. The number of para-hydroxylation sites is 1. The first-order valence-electron chi connectivity index (χ1n) is 10.7. The SMILES string of the molecule is CC(C)CCN1C(=O)[C@@](O)(CC(=O)c2ccc(-c3ccccc3)cc2)c2ccccc21. The highest BCUT2D eigenvalue weighted by molar-refractivity contribution is 6.10. The Hall–Kier alpha value is -3.24. The van der Waals surface area contributed by atoms with Gasteiger partial charge in [-0.25, -0.2) is 0 Å². The summed E-state index contributed by atoms with van der Waals surface area (Å²) in [5.41, 5.74) is 1.95. The Balaban J connectivity index is 1.58. The molecule has 0 aromatic heterocycles. The molecular formula is C27H27NO3. The van der Waals surface area contributed by atoms with Gasteiger partial charge in [-0.05, 0) is 29.5 Å². The van der Waals surface area contributed by atoms with E-state index in [9.17, 15) is 14.7 Å². The van der Waals surface area contributed by atoms with Gasteiger partial charge in [0.2, 0.25) is 0 Å². The summed E-state index contributed by atoms with van der Waals surface area (Å²) in [6.45, 7) is 4.72. The summed E-state index contributed by atoms with van der Waals surface area (Å²) in [7, 11) is 0. The molecule has 0 radical (unpaired) electrons. The zero-order valence-electron chi connectivity index (χ0n) is 17.9. The second-order valence-corrected chi connectivity index (χ2v) is 8.56. The quantitative estimate of drug-likeness (QED) is 0.541. The van der Waals surface area contributed by atoms with E-state index in [2.05, 4.69) is 13.8 Å². The predicted octanol–water partition coefficient (Wildman–Crippen LogP) is 5.21. The van der Waals surface area contributed by atoms with E-state index in [1.54, 1.807) is 29.2 Å². The van der Waals surface area contributed by atoms with E-state index < -0.39 is 11.5 Å². The van der Waals surface area contributed by atoms with E-state index in [4.69, 9.17) is 0 Å². The van der Waals surface area contributed by atoms with Gasteiger partial charge >= 0.3 is 0 Å². The minimum Gasteiger partial charge on any atom is -0.375 e. The van der Waals surface area contributed by atoms with Gasteiger partial charge in [0.15, 0.2) is 11.4 Å². The number of ketones is 1. The highest BCUT2D eigenvalue weighted by Gasteiger charge is 2.50. The third-order valence-electron chi connectivity index (χ3n) is 5.90. The smallest absolute Gasteiger partial charge is 0.264 e. The maximum absolute atomic E-state index is 13.2. The Morgan fingerprint density at radius 3 is 2.19 bits per heavy atom. The number of hydrogen-bond donors (Lipinski definition) is 1. The average Bonchev–Trinajstić information content (AvgIpc) is 2.99. The van der Waals surface area contributed by atoms with Crippen LogP contribution in [-0.4, -0.2) is 23.3 Å². The third-order valence-corrected chi connectivity index (χ3v) is 5.90. The third kappa shape index (κ3) is 4.04. The fraction of sp³-hybridized carbons (Fsp3) is 0.259. The number of carbonyl (C=O) groups is 2. The molecule has 1 aliphatic rings. The standard InChI is InChI=1S/C27H27NO3/c1-19(2)16-17-28-24-11-7-6-10-23(24)27(31,26(28)30)18-25(29)22-14-12-21(13-15-22)20-8-4-3-5-9-20/h3-15,19,31H,16-18H2,1-2H3/t27-/m1/s1. The van der Waals surface area contributed by atoms with Gasteiger partial charge in [0.05, 0.1) is 12.1 Å². The Morgan fingerprint density at radius 1 is 0.903 bits per heavy atom. The van der Waals surface area contributed by atoms with Crippen LogP contribution in [0.15, 0.2) is 78.9 Å². The van der Waals surface area contributed by atoms with E-state index >= 15 is 0 Å². The zero-order valence-corrected chi connectivity index (χ0v) is 17.9. The van der Waals surface area contributed by atoms with Crippen molar-refractivity contribution < 1.29 is 14.7 Å². The van der Waals surface area contributed by atoms with Crippen LogP contribution in [0.2, 0.25) is 0 Å². The topological polar surface area (TPSA) is 57.6 Å². The van der Waals surface area contributed by atoms with Crippen molar-refractivity contribution in [3.05, 3.63) is 90.0 Å². The Labute approximate surface area is 183 Å². The summed E-state index contributed by atoms with van der Waals surface area (Å²) in [5, 5.41) is 11.4. The van der Waals surface area contributed by atoms with Crippen LogP contribution < -0.4 is 4.90 Å². The second kappa shape index (κ2) is 8.48. The monoisotopic (exact) mass is 413 g/mol. The Morgan fingerprint density at radius 2 is 1.52 bits per heavy atom. The molecule has 158 valence electrons. The fourth-order valence-electron chi connectivity index (χ4n) is 4.10. The van der Waals surface area contributed by atoms with Crippen molar-refractivity contribution >= 4 is 17.4 Å². The molecule has 0 aliphatic carbocycles. The molecule has 1 N–H and O–H groups in total. The molecule has 0 fully saturated rings. The van der Waals surface area contributed by atoms with Crippen molar-refractivity contribution in [3.63, 3.8) is 0 Å². The van der Waals surface area contributed by atoms with Gasteiger partial charge in [0, 0.05) is 17.7 Å². The first kappa shape index (κ1) is 21.0. The summed E-state index contributed by atoms with van der Waals surface area (Å²) < 4.78 is 0. The fourth-order valence-corrected chi connectivity index (χ4v) is 4.10. The molecule has 4 heteroatoms. The van der Waals surface area contributed by atoms with Gasteiger partial charge < -0.3 is 10.0 Å². The van der Waals surface area contributed by atoms with Crippen LogP contribution in [-0.2, 0) is 10.4 Å². The minimum atomic E-state index is -1.83. The highest BCUT2D eigenvalue weighted by Crippen LogP contribution is 2.43. The van der Waals surface area contributed by atoms with Crippen LogP contribution in [0.1, 0.15) is 42.6 Å². The van der Waals surface area contributed by atoms with Gasteiger partial charge in [-0.2, -0.15) is 0 Å². The number of carbonyl (C=O) groups excluding carboxylic acids is 2. The minimum absolute atomic E-state index is 0.254. The Bertz CT molecular complexity index is 1090. The summed E-state index contributed by atoms with van der Waals surface area (Å²) >= 11 is 0. The molecule has 4 nitrogen and oxygen atoms in total. The molecule has 0 saturated heterocycles. The van der Waals surface area contributed by atoms with Crippen molar-refractivity contribution in [2.45, 2.75) is 32.3 Å². The van der Waals surface area contributed by atoms with Gasteiger partial charge in [-0.1, -0.05) is 86.6 Å². The molecule has 3 aromatic rings. The van der Waals surface area contributed by atoms with Crippen LogP contribution in [0, 0.1) is 5.92 Å². The molecule has 1 atom stereocenters. The molecule has 0 bridgehead atoms.